The quantitative estimate of drug-likeness (QED) is 0.806. The number of aryl methyl sites for hydroxylation is 1. The minimum absolute atomic E-state index is 0.0917. The van der Waals surface area contributed by atoms with Crippen LogP contribution in [0.4, 0.5) is 4.39 Å². The van der Waals surface area contributed by atoms with Gasteiger partial charge in [-0.1, -0.05) is 0 Å². The van der Waals surface area contributed by atoms with E-state index in [1.165, 1.54) is 23.5 Å². The summed E-state index contributed by atoms with van der Waals surface area (Å²) in [5.41, 5.74) is 2.34. The van der Waals surface area contributed by atoms with E-state index in [4.69, 9.17) is 5.11 Å². The molecule has 0 unspecified atom stereocenters. The van der Waals surface area contributed by atoms with Gasteiger partial charge in [0.2, 0.25) is 0 Å². The maximum absolute atomic E-state index is 13.0. The number of carboxylic acid groups (broad SMARTS) is 1. The van der Waals surface area contributed by atoms with Crippen LogP contribution in [0.3, 0.4) is 0 Å². The van der Waals surface area contributed by atoms with E-state index in [-0.39, 0.29) is 12.2 Å². The van der Waals surface area contributed by atoms with Gasteiger partial charge in [0, 0.05) is 4.88 Å². The zero-order valence-electron chi connectivity index (χ0n) is 10.6. The molecular weight excluding hydrogens is 279 g/mol. The molecule has 102 valence electrons. The van der Waals surface area contributed by atoms with Crippen LogP contribution < -0.4 is 0 Å². The SMILES string of the molecule is Cc1sc2ncc(CC(=O)O)n2c1-c1ccc(F)cc1. The fraction of sp³-hybridized carbons (Fsp3) is 0.143. The van der Waals surface area contributed by atoms with Crippen molar-refractivity contribution in [3.05, 3.63) is 46.9 Å². The van der Waals surface area contributed by atoms with E-state index in [1.54, 1.807) is 18.3 Å². The molecule has 2 heterocycles. The maximum Gasteiger partial charge on any atom is 0.309 e. The largest absolute Gasteiger partial charge is 0.481 e. The Morgan fingerprint density at radius 1 is 1.40 bits per heavy atom. The molecular formula is C14H11FN2O2S. The Labute approximate surface area is 118 Å². The predicted molar refractivity (Wildman–Crippen MR) is 74.5 cm³/mol. The van der Waals surface area contributed by atoms with Crippen LogP contribution in [0, 0.1) is 12.7 Å². The molecule has 4 nitrogen and oxygen atoms in total. The molecule has 0 saturated carbocycles. The van der Waals surface area contributed by atoms with Gasteiger partial charge in [0.1, 0.15) is 5.82 Å². The Bertz CT molecular complexity index is 789. The lowest BCUT2D eigenvalue weighted by Gasteiger charge is -2.05. The zero-order chi connectivity index (χ0) is 14.3. The molecule has 0 bridgehead atoms. The normalized spacial score (nSPS) is 11.1. The van der Waals surface area contributed by atoms with Gasteiger partial charge in [-0.2, -0.15) is 0 Å². The summed E-state index contributed by atoms with van der Waals surface area (Å²) >= 11 is 1.49. The highest BCUT2D eigenvalue weighted by Crippen LogP contribution is 2.32. The molecule has 0 radical (unpaired) electrons. The fourth-order valence-electron chi connectivity index (χ4n) is 2.24. The van der Waals surface area contributed by atoms with Gasteiger partial charge in [0.05, 0.1) is 24.0 Å². The molecule has 0 amide bonds. The summed E-state index contributed by atoms with van der Waals surface area (Å²) in [5, 5.41) is 8.96. The lowest BCUT2D eigenvalue weighted by Crippen LogP contribution is -2.03. The van der Waals surface area contributed by atoms with Crippen molar-refractivity contribution in [2.45, 2.75) is 13.3 Å². The summed E-state index contributed by atoms with van der Waals surface area (Å²) in [4.78, 5) is 16.9. The Morgan fingerprint density at radius 3 is 2.75 bits per heavy atom. The van der Waals surface area contributed by atoms with E-state index in [0.717, 1.165) is 21.1 Å². The number of thiazole rings is 1. The number of carboxylic acids is 1. The van der Waals surface area contributed by atoms with Gasteiger partial charge in [-0.15, -0.1) is 11.3 Å². The Hall–Kier alpha value is -2.21. The number of halogens is 1. The Kier molecular flexibility index (Phi) is 3.02. The molecule has 0 spiro atoms. The molecule has 0 aliphatic heterocycles. The molecule has 0 saturated heterocycles. The first-order valence-electron chi connectivity index (χ1n) is 5.99. The third-order valence-electron chi connectivity index (χ3n) is 3.05. The molecule has 6 heteroatoms. The third kappa shape index (κ3) is 2.08. The topological polar surface area (TPSA) is 54.6 Å². The molecule has 3 rings (SSSR count). The molecule has 1 aromatic carbocycles. The van der Waals surface area contributed by atoms with Crippen LogP contribution in [0.5, 0.6) is 0 Å². The van der Waals surface area contributed by atoms with Crippen molar-refractivity contribution in [1.82, 2.24) is 9.38 Å². The number of benzene rings is 1. The van der Waals surface area contributed by atoms with E-state index >= 15 is 0 Å². The second-order valence-electron chi connectivity index (χ2n) is 4.45. The Balaban J connectivity index is 2.23. The van der Waals surface area contributed by atoms with Gasteiger partial charge in [-0.3, -0.25) is 9.20 Å². The summed E-state index contributed by atoms with van der Waals surface area (Å²) in [6, 6.07) is 6.17. The number of carbonyl (C=O) groups is 1. The molecule has 20 heavy (non-hydrogen) atoms. The molecule has 0 atom stereocenters. The molecule has 0 fully saturated rings. The van der Waals surface area contributed by atoms with Crippen LogP contribution in [-0.4, -0.2) is 20.5 Å². The number of fused-ring (bicyclic) bond motifs is 1. The number of aliphatic carboxylic acids is 1. The maximum atomic E-state index is 13.0. The minimum atomic E-state index is -0.902. The van der Waals surface area contributed by atoms with Crippen LogP contribution in [0.25, 0.3) is 16.2 Å². The van der Waals surface area contributed by atoms with Crippen molar-refractivity contribution in [2.24, 2.45) is 0 Å². The second kappa shape index (κ2) is 4.72. The molecule has 3 aromatic rings. The van der Waals surface area contributed by atoms with Crippen LogP contribution >= 0.6 is 11.3 Å². The standard InChI is InChI=1S/C14H11FN2O2S/c1-8-13(9-2-4-10(15)5-3-9)17-11(6-12(18)19)7-16-14(17)20-8/h2-5,7H,6H2,1H3,(H,18,19). The van der Waals surface area contributed by atoms with E-state index in [0.29, 0.717) is 5.69 Å². The monoisotopic (exact) mass is 290 g/mol. The molecule has 2 aromatic heterocycles. The number of hydrogen-bond donors (Lipinski definition) is 1. The van der Waals surface area contributed by atoms with Crippen LogP contribution in [0.2, 0.25) is 0 Å². The van der Waals surface area contributed by atoms with Crippen LogP contribution in [-0.2, 0) is 11.2 Å². The van der Waals surface area contributed by atoms with Crippen molar-refractivity contribution in [3.8, 4) is 11.3 Å². The fourth-order valence-corrected chi connectivity index (χ4v) is 3.23. The van der Waals surface area contributed by atoms with Gasteiger partial charge >= 0.3 is 5.97 Å². The van der Waals surface area contributed by atoms with Crippen LogP contribution in [0.1, 0.15) is 10.6 Å². The first-order valence-corrected chi connectivity index (χ1v) is 6.81. The van der Waals surface area contributed by atoms with E-state index in [2.05, 4.69) is 4.98 Å². The lowest BCUT2D eigenvalue weighted by atomic mass is 10.1. The zero-order valence-corrected chi connectivity index (χ0v) is 11.4. The second-order valence-corrected chi connectivity index (χ2v) is 5.63. The van der Waals surface area contributed by atoms with Crippen molar-refractivity contribution < 1.29 is 14.3 Å². The number of nitrogens with zero attached hydrogens (tertiary/aromatic N) is 2. The summed E-state index contributed by atoms with van der Waals surface area (Å²) in [7, 11) is 0. The molecule has 0 aliphatic rings. The van der Waals surface area contributed by atoms with E-state index in [9.17, 15) is 9.18 Å². The average Bonchev–Trinajstić information content (AvgIpc) is 2.90. The predicted octanol–water partition coefficient (Wildman–Crippen LogP) is 3.14. The first-order chi connectivity index (χ1) is 9.56. The minimum Gasteiger partial charge on any atom is -0.481 e. The van der Waals surface area contributed by atoms with Gasteiger partial charge in [-0.05, 0) is 36.8 Å². The highest BCUT2D eigenvalue weighted by Gasteiger charge is 2.17. The van der Waals surface area contributed by atoms with E-state index < -0.39 is 5.97 Å². The van der Waals surface area contributed by atoms with Gasteiger partial charge in [0.25, 0.3) is 0 Å². The summed E-state index contributed by atoms with van der Waals surface area (Å²) in [6.45, 7) is 1.95. The number of aromatic nitrogens is 2. The number of imidazole rings is 1. The highest BCUT2D eigenvalue weighted by atomic mass is 32.1. The number of rotatable bonds is 3. The molecule has 1 N–H and O–H groups in total. The van der Waals surface area contributed by atoms with Crippen molar-refractivity contribution >= 4 is 22.3 Å². The van der Waals surface area contributed by atoms with Gasteiger partial charge < -0.3 is 5.11 Å². The average molecular weight is 290 g/mol. The smallest absolute Gasteiger partial charge is 0.309 e. The first kappa shape index (κ1) is 12.8. The summed E-state index contributed by atoms with van der Waals surface area (Å²) in [5.74, 6) is -1.20. The van der Waals surface area contributed by atoms with Gasteiger partial charge in [-0.25, -0.2) is 9.37 Å². The highest BCUT2D eigenvalue weighted by molar-refractivity contribution is 7.17. The number of hydrogen-bond acceptors (Lipinski definition) is 3. The lowest BCUT2D eigenvalue weighted by molar-refractivity contribution is -0.136. The summed E-state index contributed by atoms with van der Waals surface area (Å²) < 4.78 is 14.9. The van der Waals surface area contributed by atoms with E-state index in [1.807, 2.05) is 11.3 Å². The third-order valence-corrected chi connectivity index (χ3v) is 4.02. The molecule has 0 aliphatic carbocycles. The van der Waals surface area contributed by atoms with Crippen molar-refractivity contribution in [1.29, 1.82) is 0 Å². The Morgan fingerprint density at radius 2 is 2.10 bits per heavy atom. The van der Waals surface area contributed by atoms with Crippen molar-refractivity contribution in [2.75, 3.05) is 0 Å². The van der Waals surface area contributed by atoms with Crippen molar-refractivity contribution in [3.63, 3.8) is 0 Å². The van der Waals surface area contributed by atoms with Gasteiger partial charge in [0.15, 0.2) is 4.96 Å². The summed E-state index contributed by atoms with van der Waals surface area (Å²) in [6.07, 6.45) is 1.48. The van der Waals surface area contributed by atoms with Crippen LogP contribution in [0.15, 0.2) is 30.5 Å².